The van der Waals surface area contributed by atoms with Gasteiger partial charge in [-0.1, -0.05) is 30.3 Å². The van der Waals surface area contributed by atoms with Gasteiger partial charge in [0, 0.05) is 18.8 Å². The van der Waals surface area contributed by atoms with Crippen molar-refractivity contribution in [1.29, 1.82) is 5.26 Å². The van der Waals surface area contributed by atoms with Crippen molar-refractivity contribution >= 4 is 5.82 Å². The van der Waals surface area contributed by atoms with Gasteiger partial charge in [-0.15, -0.1) is 0 Å². The Morgan fingerprint density at radius 3 is 2.56 bits per heavy atom. The van der Waals surface area contributed by atoms with Gasteiger partial charge in [0.1, 0.15) is 11.9 Å². The highest BCUT2D eigenvalue weighted by Crippen LogP contribution is 2.22. The second-order valence-electron chi connectivity index (χ2n) is 3.35. The SMILES string of the molecule is CNc1ncc(-c2ccccc2)cc1C#N. The molecule has 0 unspecified atom stereocenters. The molecule has 0 aliphatic rings. The fraction of sp³-hybridized carbons (Fsp3) is 0.0769. The molecule has 3 heteroatoms. The van der Waals surface area contributed by atoms with Crippen LogP contribution >= 0.6 is 0 Å². The summed E-state index contributed by atoms with van der Waals surface area (Å²) in [6.45, 7) is 0. The van der Waals surface area contributed by atoms with Crippen LogP contribution in [-0.2, 0) is 0 Å². The fourth-order valence-corrected chi connectivity index (χ4v) is 1.54. The summed E-state index contributed by atoms with van der Waals surface area (Å²) in [6, 6.07) is 13.9. The van der Waals surface area contributed by atoms with E-state index in [1.54, 1.807) is 13.2 Å². The van der Waals surface area contributed by atoms with E-state index in [2.05, 4.69) is 16.4 Å². The van der Waals surface area contributed by atoms with Gasteiger partial charge in [-0.2, -0.15) is 5.26 Å². The molecular formula is C13H11N3. The van der Waals surface area contributed by atoms with Crippen molar-refractivity contribution in [1.82, 2.24) is 4.98 Å². The maximum Gasteiger partial charge on any atom is 0.143 e. The summed E-state index contributed by atoms with van der Waals surface area (Å²) < 4.78 is 0. The van der Waals surface area contributed by atoms with Crippen molar-refractivity contribution in [3.05, 3.63) is 48.2 Å². The average molecular weight is 209 g/mol. The van der Waals surface area contributed by atoms with Gasteiger partial charge in [-0.3, -0.25) is 0 Å². The van der Waals surface area contributed by atoms with Crippen LogP contribution in [0.4, 0.5) is 5.82 Å². The molecule has 0 saturated heterocycles. The number of pyridine rings is 1. The topological polar surface area (TPSA) is 48.7 Å². The van der Waals surface area contributed by atoms with E-state index in [4.69, 9.17) is 5.26 Å². The molecule has 2 rings (SSSR count). The Balaban J connectivity index is 2.49. The molecule has 1 aromatic carbocycles. The van der Waals surface area contributed by atoms with Crippen LogP contribution < -0.4 is 5.32 Å². The zero-order valence-corrected chi connectivity index (χ0v) is 8.94. The molecule has 2 aromatic rings. The number of aromatic nitrogens is 1. The number of benzene rings is 1. The molecule has 3 nitrogen and oxygen atoms in total. The zero-order chi connectivity index (χ0) is 11.4. The Morgan fingerprint density at radius 1 is 1.19 bits per heavy atom. The van der Waals surface area contributed by atoms with Crippen molar-refractivity contribution in [3.8, 4) is 17.2 Å². The summed E-state index contributed by atoms with van der Waals surface area (Å²) in [5.41, 5.74) is 2.58. The second-order valence-corrected chi connectivity index (χ2v) is 3.35. The van der Waals surface area contributed by atoms with Crippen molar-refractivity contribution in [3.63, 3.8) is 0 Å². The third-order valence-electron chi connectivity index (χ3n) is 2.35. The number of nitriles is 1. The zero-order valence-electron chi connectivity index (χ0n) is 8.94. The number of nitrogens with zero attached hydrogens (tertiary/aromatic N) is 2. The normalized spacial score (nSPS) is 9.50. The van der Waals surface area contributed by atoms with Gasteiger partial charge in [-0.05, 0) is 11.6 Å². The van der Waals surface area contributed by atoms with E-state index in [0.29, 0.717) is 11.4 Å². The summed E-state index contributed by atoms with van der Waals surface area (Å²) in [7, 11) is 1.76. The Morgan fingerprint density at radius 2 is 1.94 bits per heavy atom. The Labute approximate surface area is 94.4 Å². The molecule has 1 aromatic heterocycles. The number of hydrogen-bond acceptors (Lipinski definition) is 3. The lowest BCUT2D eigenvalue weighted by Crippen LogP contribution is -1.96. The first-order chi connectivity index (χ1) is 7.85. The van der Waals surface area contributed by atoms with Crippen LogP contribution in [0.1, 0.15) is 5.56 Å². The Hall–Kier alpha value is -2.34. The molecule has 0 spiro atoms. The van der Waals surface area contributed by atoms with Crippen LogP contribution in [0.3, 0.4) is 0 Å². The van der Waals surface area contributed by atoms with Crippen molar-refractivity contribution in [2.45, 2.75) is 0 Å². The monoisotopic (exact) mass is 209 g/mol. The first-order valence-corrected chi connectivity index (χ1v) is 4.98. The van der Waals surface area contributed by atoms with Crippen LogP contribution in [0, 0.1) is 11.3 Å². The maximum atomic E-state index is 8.99. The molecule has 0 aliphatic heterocycles. The number of anilines is 1. The summed E-state index contributed by atoms with van der Waals surface area (Å²) in [5.74, 6) is 0.613. The van der Waals surface area contributed by atoms with Gasteiger partial charge >= 0.3 is 0 Å². The molecule has 0 atom stereocenters. The molecule has 0 saturated carbocycles. The fourth-order valence-electron chi connectivity index (χ4n) is 1.54. The predicted molar refractivity (Wildman–Crippen MR) is 63.9 cm³/mol. The highest BCUT2D eigenvalue weighted by molar-refractivity contribution is 5.67. The first-order valence-electron chi connectivity index (χ1n) is 4.98. The molecule has 0 bridgehead atoms. The summed E-state index contributed by atoms with van der Waals surface area (Å²) in [5, 5.41) is 11.9. The van der Waals surface area contributed by atoms with Crippen LogP contribution in [0.25, 0.3) is 11.1 Å². The number of hydrogen-bond donors (Lipinski definition) is 1. The van der Waals surface area contributed by atoms with Gasteiger partial charge in [0.25, 0.3) is 0 Å². The maximum absolute atomic E-state index is 8.99. The smallest absolute Gasteiger partial charge is 0.143 e. The average Bonchev–Trinajstić information content (AvgIpc) is 2.39. The Bertz CT molecular complexity index is 527. The quantitative estimate of drug-likeness (QED) is 0.827. The van der Waals surface area contributed by atoms with Crippen LogP contribution in [-0.4, -0.2) is 12.0 Å². The van der Waals surface area contributed by atoms with Crippen LogP contribution in [0.2, 0.25) is 0 Å². The van der Waals surface area contributed by atoms with Gasteiger partial charge in [0.2, 0.25) is 0 Å². The lowest BCUT2D eigenvalue weighted by Gasteiger charge is -2.05. The van der Waals surface area contributed by atoms with Gasteiger partial charge in [-0.25, -0.2) is 4.98 Å². The van der Waals surface area contributed by atoms with E-state index in [1.807, 2.05) is 36.4 Å². The van der Waals surface area contributed by atoms with Gasteiger partial charge in [0.15, 0.2) is 0 Å². The predicted octanol–water partition coefficient (Wildman–Crippen LogP) is 2.66. The summed E-state index contributed by atoms with van der Waals surface area (Å²) >= 11 is 0. The third kappa shape index (κ3) is 1.86. The van der Waals surface area contributed by atoms with E-state index in [-0.39, 0.29) is 0 Å². The second kappa shape index (κ2) is 4.45. The summed E-state index contributed by atoms with van der Waals surface area (Å²) in [4.78, 5) is 4.21. The lowest BCUT2D eigenvalue weighted by molar-refractivity contribution is 1.27. The van der Waals surface area contributed by atoms with Crippen LogP contribution in [0.5, 0.6) is 0 Å². The molecule has 0 amide bonds. The molecule has 78 valence electrons. The standard InChI is InChI=1S/C13H11N3/c1-15-13-11(8-14)7-12(9-16-13)10-5-3-2-4-6-10/h2-7,9H,1H3,(H,15,16). The van der Waals surface area contributed by atoms with Crippen molar-refractivity contribution in [2.24, 2.45) is 0 Å². The highest BCUT2D eigenvalue weighted by Gasteiger charge is 2.04. The largest absolute Gasteiger partial charge is 0.372 e. The molecule has 1 N–H and O–H groups in total. The minimum absolute atomic E-state index is 0.559. The van der Waals surface area contributed by atoms with E-state index in [0.717, 1.165) is 11.1 Å². The molecule has 1 heterocycles. The van der Waals surface area contributed by atoms with Crippen molar-refractivity contribution < 1.29 is 0 Å². The van der Waals surface area contributed by atoms with Gasteiger partial charge in [0.05, 0.1) is 5.56 Å². The minimum atomic E-state index is 0.559. The minimum Gasteiger partial charge on any atom is -0.372 e. The number of rotatable bonds is 2. The number of nitrogens with one attached hydrogen (secondary N) is 1. The van der Waals surface area contributed by atoms with E-state index in [9.17, 15) is 0 Å². The van der Waals surface area contributed by atoms with E-state index >= 15 is 0 Å². The molecule has 0 fully saturated rings. The van der Waals surface area contributed by atoms with Crippen molar-refractivity contribution in [2.75, 3.05) is 12.4 Å². The third-order valence-corrected chi connectivity index (χ3v) is 2.35. The lowest BCUT2D eigenvalue weighted by atomic mass is 10.1. The molecular weight excluding hydrogens is 198 g/mol. The Kier molecular flexibility index (Phi) is 2.84. The highest BCUT2D eigenvalue weighted by atomic mass is 15.0. The van der Waals surface area contributed by atoms with Gasteiger partial charge < -0.3 is 5.32 Å². The molecule has 16 heavy (non-hydrogen) atoms. The first kappa shape index (κ1) is 10.2. The molecule has 0 aliphatic carbocycles. The van der Waals surface area contributed by atoms with Crippen LogP contribution in [0.15, 0.2) is 42.6 Å². The van der Waals surface area contributed by atoms with E-state index in [1.165, 1.54) is 0 Å². The molecule has 0 radical (unpaired) electrons. The summed E-state index contributed by atoms with van der Waals surface area (Å²) in [6.07, 6.45) is 1.77. The van der Waals surface area contributed by atoms with E-state index < -0.39 is 0 Å².